The van der Waals surface area contributed by atoms with Crippen molar-refractivity contribution in [2.45, 2.75) is 40.2 Å². The standard InChI is InChI=1S/C15H25N3/c1-4-6-16-10-14-8-13(3)17-15(9-14)18-7-5-12(2)11-18/h8-9,12,16H,4-7,10-11H2,1-3H3. The number of aromatic nitrogens is 1. The monoisotopic (exact) mass is 247 g/mol. The van der Waals surface area contributed by atoms with Crippen LogP contribution in [0, 0.1) is 12.8 Å². The lowest BCUT2D eigenvalue weighted by molar-refractivity contribution is 0.658. The molecular weight excluding hydrogens is 222 g/mol. The minimum Gasteiger partial charge on any atom is -0.356 e. The van der Waals surface area contributed by atoms with Gasteiger partial charge in [-0.05, 0) is 49.9 Å². The Balaban J connectivity index is 2.06. The molecule has 2 rings (SSSR count). The summed E-state index contributed by atoms with van der Waals surface area (Å²) in [6.07, 6.45) is 2.47. The molecular formula is C15H25N3. The third kappa shape index (κ3) is 3.45. The summed E-state index contributed by atoms with van der Waals surface area (Å²) in [5.74, 6) is 1.96. The van der Waals surface area contributed by atoms with E-state index in [1.807, 2.05) is 0 Å². The summed E-state index contributed by atoms with van der Waals surface area (Å²) in [5, 5.41) is 3.46. The molecule has 3 heteroatoms. The molecule has 1 atom stereocenters. The first kappa shape index (κ1) is 13.3. The molecule has 0 spiro atoms. The summed E-state index contributed by atoms with van der Waals surface area (Å²) in [6.45, 7) is 10.9. The second kappa shape index (κ2) is 6.19. The van der Waals surface area contributed by atoms with Crippen LogP contribution in [0.3, 0.4) is 0 Å². The van der Waals surface area contributed by atoms with Crippen LogP contribution in [-0.2, 0) is 6.54 Å². The molecule has 0 bridgehead atoms. The molecule has 1 N–H and O–H groups in total. The summed E-state index contributed by atoms with van der Waals surface area (Å²) in [5.41, 5.74) is 2.48. The molecule has 0 saturated carbocycles. The van der Waals surface area contributed by atoms with Crippen molar-refractivity contribution in [3.05, 3.63) is 23.4 Å². The van der Waals surface area contributed by atoms with Gasteiger partial charge in [-0.2, -0.15) is 0 Å². The molecule has 1 saturated heterocycles. The van der Waals surface area contributed by atoms with E-state index in [1.165, 1.54) is 18.4 Å². The van der Waals surface area contributed by atoms with Gasteiger partial charge in [0, 0.05) is 25.3 Å². The van der Waals surface area contributed by atoms with Crippen LogP contribution >= 0.6 is 0 Å². The maximum atomic E-state index is 4.68. The van der Waals surface area contributed by atoms with Crippen LogP contribution in [0.25, 0.3) is 0 Å². The van der Waals surface area contributed by atoms with Crippen molar-refractivity contribution in [3.8, 4) is 0 Å². The van der Waals surface area contributed by atoms with Gasteiger partial charge in [0.1, 0.15) is 5.82 Å². The number of nitrogens with zero attached hydrogens (tertiary/aromatic N) is 2. The molecule has 1 fully saturated rings. The van der Waals surface area contributed by atoms with E-state index < -0.39 is 0 Å². The van der Waals surface area contributed by atoms with Gasteiger partial charge in [0.15, 0.2) is 0 Å². The van der Waals surface area contributed by atoms with E-state index in [2.05, 4.69) is 48.1 Å². The lowest BCUT2D eigenvalue weighted by Gasteiger charge is -2.18. The molecule has 1 aliphatic rings. The van der Waals surface area contributed by atoms with Gasteiger partial charge in [-0.3, -0.25) is 0 Å². The van der Waals surface area contributed by atoms with Gasteiger partial charge < -0.3 is 10.2 Å². The first-order chi connectivity index (χ1) is 8.69. The molecule has 0 aliphatic carbocycles. The predicted octanol–water partition coefficient (Wildman–Crippen LogP) is 2.74. The first-order valence-corrected chi connectivity index (χ1v) is 7.12. The molecule has 1 unspecified atom stereocenters. The third-order valence-corrected chi connectivity index (χ3v) is 3.50. The van der Waals surface area contributed by atoms with E-state index in [-0.39, 0.29) is 0 Å². The minimum absolute atomic E-state index is 0.800. The highest BCUT2D eigenvalue weighted by Crippen LogP contribution is 2.23. The van der Waals surface area contributed by atoms with Gasteiger partial charge in [-0.1, -0.05) is 13.8 Å². The van der Waals surface area contributed by atoms with Crippen molar-refractivity contribution in [1.82, 2.24) is 10.3 Å². The maximum Gasteiger partial charge on any atom is 0.129 e. The van der Waals surface area contributed by atoms with Crippen LogP contribution in [0.1, 0.15) is 37.9 Å². The minimum atomic E-state index is 0.800. The SMILES string of the molecule is CCCNCc1cc(C)nc(N2CCC(C)C2)c1. The topological polar surface area (TPSA) is 28.2 Å². The highest BCUT2D eigenvalue weighted by atomic mass is 15.2. The fourth-order valence-corrected chi connectivity index (χ4v) is 2.54. The zero-order valence-corrected chi connectivity index (χ0v) is 11.9. The van der Waals surface area contributed by atoms with E-state index >= 15 is 0 Å². The number of aryl methyl sites for hydroxylation is 1. The molecule has 18 heavy (non-hydrogen) atoms. The zero-order chi connectivity index (χ0) is 13.0. The molecule has 2 heterocycles. The first-order valence-electron chi connectivity index (χ1n) is 7.12. The van der Waals surface area contributed by atoms with E-state index in [0.29, 0.717) is 0 Å². The number of hydrogen-bond acceptors (Lipinski definition) is 3. The van der Waals surface area contributed by atoms with Crippen LogP contribution in [-0.4, -0.2) is 24.6 Å². The Morgan fingerprint density at radius 2 is 2.28 bits per heavy atom. The van der Waals surface area contributed by atoms with Gasteiger partial charge in [-0.25, -0.2) is 4.98 Å². The number of nitrogens with one attached hydrogen (secondary N) is 1. The number of pyridine rings is 1. The second-order valence-electron chi connectivity index (χ2n) is 5.49. The molecule has 0 amide bonds. The lowest BCUT2D eigenvalue weighted by atomic mass is 10.2. The van der Waals surface area contributed by atoms with Crippen molar-refractivity contribution in [1.29, 1.82) is 0 Å². The van der Waals surface area contributed by atoms with Crippen molar-refractivity contribution < 1.29 is 0 Å². The smallest absolute Gasteiger partial charge is 0.129 e. The van der Waals surface area contributed by atoms with Gasteiger partial charge in [0.05, 0.1) is 0 Å². The van der Waals surface area contributed by atoms with Crippen molar-refractivity contribution in [2.75, 3.05) is 24.5 Å². The van der Waals surface area contributed by atoms with Crippen LogP contribution in [0.5, 0.6) is 0 Å². The Bertz CT molecular complexity index is 389. The summed E-state index contributed by atoms with van der Waals surface area (Å²) in [6, 6.07) is 4.43. The Hall–Kier alpha value is -1.09. The van der Waals surface area contributed by atoms with Crippen LogP contribution in [0.2, 0.25) is 0 Å². The molecule has 1 aliphatic heterocycles. The average Bonchev–Trinajstić information content (AvgIpc) is 2.76. The number of anilines is 1. The molecule has 0 radical (unpaired) electrons. The fourth-order valence-electron chi connectivity index (χ4n) is 2.54. The van der Waals surface area contributed by atoms with Gasteiger partial charge >= 0.3 is 0 Å². The lowest BCUT2D eigenvalue weighted by Crippen LogP contribution is -2.21. The van der Waals surface area contributed by atoms with E-state index in [4.69, 9.17) is 0 Å². The van der Waals surface area contributed by atoms with Crippen molar-refractivity contribution >= 4 is 5.82 Å². The van der Waals surface area contributed by atoms with Gasteiger partial charge in [0.2, 0.25) is 0 Å². The normalized spacial score (nSPS) is 19.5. The average molecular weight is 247 g/mol. The third-order valence-electron chi connectivity index (χ3n) is 3.50. The Kier molecular flexibility index (Phi) is 4.59. The Labute approximate surface area is 111 Å². The van der Waals surface area contributed by atoms with Crippen molar-refractivity contribution in [2.24, 2.45) is 5.92 Å². The second-order valence-corrected chi connectivity index (χ2v) is 5.49. The van der Waals surface area contributed by atoms with Crippen molar-refractivity contribution in [3.63, 3.8) is 0 Å². The number of rotatable bonds is 5. The van der Waals surface area contributed by atoms with Gasteiger partial charge in [-0.15, -0.1) is 0 Å². The molecule has 100 valence electrons. The van der Waals surface area contributed by atoms with Gasteiger partial charge in [0.25, 0.3) is 0 Å². The number of hydrogen-bond donors (Lipinski definition) is 1. The molecule has 0 aromatic carbocycles. The van der Waals surface area contributed by atoms with Crippen LogP contribution in [0.15, 0.2) is 12.1 Å². The molecule has 1 aromatic rings. The van der Waals surface area contributed by atoms with E-state index in [9.17, 15) is 0 Å². The summed E-state index contributed by atoms with van der Waals surface area (Å²) >= 11 is 0. The Morgan fingerprint density at radius 1 is 1.44 bits per heavy atom. The van der Waals surface area contributed by atoms with E-state index in [1.54, 1.807) is 0 Å². The van der Waals surface area contributed by atoms with Crippen LogP contribution < -0.4 is 10.2 Å². The highest BCUT2D eigenvalue weighted by Gasteiger charge is 2.20. The summed E-state index contributed by atoms with van der Waals surface area (Å²) in [4.78, 5) is 7.09. The van der Waals surface area contributed by atoms with Crippen LogP contribution in [0.4, 0.5) is 5.82 Å². The summed E-state index contributed by atoms with van der Waals surface area (Å²) < 4.78 is 0. The predicted molar refractivity (Wildman–Crippen MR) is 77.0 cm³/mol. The van der Waals surface area contributed by atoms with E-state index in [0.717, 1.165) is 43.6 Å². The quantitative estimate of drug-likeness (QED) is 0.811. The fraction of sp³-hybridized carbons (Fsp3) is 0.667. The summed E-state index contributed by atoms with van der Waals surface area (Å²) in [7, 11) is 0. The largest absolute Gasteiger partial charge is 0.356 e. The highest BCUT2D eigenvalue weighted by molar-refractivity contribution is 5.43. The Morgan fingerprint density at radius 3 is 2.94 bits per heavy atom. The maximum absolute atomic E-state index is 4.68. The molecule has 1 aromatic heterocycles. The zero-order valence-electron chi connectivity index (χ0n) is 11.9. The molecule has 3 nitrogen and oxygen atoms in total.